The molecule has 0 fully saturated rings. The van der Waals surface area contributed by atoms with E-state index in [9.17, 15) is 23.1 Å². The van der Waals surface area contributed by atoms with E-state index in [1.54, 1.807) is 44.4 Å². The first-order valence-electron chi connectivity index (χ1n) is 6.43. The van der Waals surface area contributed by atoms with E-state index in [1.807, 2.05) is 0 Å². The molecule has 0 heterocycles. The molecular weight excluding hydrogens is 295 g/mol. The molecule has 0 amide bonds. The molecule has 0 bridgehead atoms. The van der Waals surface area contributed by atoms with Crippen LogP contribution in [0.5, 0.6) is 0 Å². The van der Waals surface area contributed by atoms with Crippen LogP contribution in [0.2, 0.25) is 0 Å². The van der Waals surface area contributed by atoms with Crippen LogP contribution in [0.1, 0.15) is 15.9 Å². The third-order valence-electron chi connectivity index (χ3n) is 3.22. The van der Waals surface area contributed by atoms with Crippen molar-refractivity contribution in [3.05, 3.63) is 53.6 Å². The fourth-order valence-corrected chi connectivity index (χ4v) is 2.22. The minimum absolute atomic E-state index is 0.207. The SMILES string of the molecule is CN(C)c1cc(C(F)(F)F)cc(C(=O)O)c1-c1ccccc1. The lowest BCUT2D eigenvalue weighted by molar-refractivity contribution is -0.137. The summed E-state index contributed by atoms with van der Waals surface area (Å²) in [5, 5.41) is 9.34. The van der Waals surface area contributed by atoms with E-state index in [0.717, 1.165) is 6.07 Å². The Kier molecular flexibility index (Phi) is 4.12. The Morgan fingerprint density at radius 1 is 1.09 bits per heavy atom. The van der Waals surface area contributed by atoms with Crippen molar-refractivity contribution in [2.45, 2.75) is 6.18 Å². The summed E-state index contributed by atoms with van der Waals surface area (Å²) in [5.74, 6) is -1.40. The van der Waals surface area contributed by atoms with Crippen molar-refractivity contribution in [1.82, 2.24) is 0 Å². The van der Waals surface area contributed by atoms with E-state index in [2.05, 4.69) is 0 Å². The summed E-state index contributed by atoms with van der Waals surface area (Å²) in [6, 6.07) is 10.1. The monoisotopic (exact) mass is 309 g/mol. The van der Waals surface area contributed by atoms with Gasteiger partial charge in [0.05, 0.1) is 11.1 Å². The number of nitrogens with zero attached hydrogens (tertiary/aromatic N) is 1. The van der Waals surface area contributed by atoms with Gasteiger partial charge in [-0.25, -0.2) is 4.79 Å². The number of carboxylic acid groups (broad SMARTS) is 1. The standard InChI is InChI=1S/C16H14F3NO2/c1-20(2)13-9-11(16(17,18)19)8-12(15(21)22)14(13)10-6-4-3-5-7-10/h3-9H,1-2H3,(H,21,22). The fraction of sp³-hybridized carbons (Fsp3) is 0.188. The molecule has 0 aromatic heterocycles. The zero-order valence-corrected chi connectivity index (χ0v) is 12.0. The molecule has 0 saturated heterocycles. The predicted molar refractivity (Wildman–Crippen MR) is 78.2 cm³/mol. The third kappa shape index (κ3) is 3.05. The Labute approximate surface area is 125 Å². The summed E-state index contributed by atoms with van der Waals surface area (Å²) >= 11 is 0. The van der Waals surface area contributed by atoms with Crippen LogP contribution < -0.4 is 4.90 Å². The molecule has 0 aliphatic carbocycles. The average molecular weight is 309 g/mol. The molecule has 0 unspecified atom stereocenters. The van der Waals surface area contributed by atoms with Crippen LogP contribution in [0.15, 0.2) is 42.5 Å². The highest BCUT2D eigenvalue weighted by atomic mass is 19.4. The van der Waals surface area contributed by atoms with E-state index in [-0.39, 0.29) is 16.8 Å². The van der Waals surface area contributed by atoms with Gasteiger partial charge < -0.3 is 10.0 Å². The highest BCUT2D eigenvalue weighted by Crippen LogP contribution is 2.39. The van der Waals surface area contributed by atoms with Crippen LogP contribution in [-0.4, -0.2) is 25.2 Å². The lowest BCUT2D eigenvalue weighted by Gasteiger charge is -2.22. The number of halogens is 3. The van der Waals surface area contributed by atoms with E-state index in [4.69, 9.17) is 0 Å². The van der Waals surface area contributed by atoms with Crippen molar-refractivity contribution in [2.24, 2.45) is 0 Å². The first-order valence-corrected chi connectivity index (χ1v) is 6.43. The van der Waals surface area contributed by atoms with Gasteiger partial charge in [-0.3, -0.25) is 0 Å². The van der Waals surface area contributed by atoms with E-state index in [1.165, 1.54) is 4.90 Å². The summed E-state index contributed by atoms with van der Waals surface area (Å²) < 4.78 is 39.0. The summed E-state index contributed by atoms with van der Waals surface area (Å²) in [6.45, 7) is 0. The average Bonchev–Trinajstić information content (AvgIpc) is 2.45. The molecule has 3 nitrogen and oxygen atoms in total. The fourth-order valence-electron chi connectivity index (χ4n) is 2.22. The van der Waals surface area contributed by atoms with Crippen molar-refractivity contribution >= 4 is 11.7 Å². The van der Waals surface area contributed by atoms with Gasteiger partial charge in [0.1, 0.15) is 0 Å². The van der Waals surface area contributed by atoms with Crippen LogP contribution in [0.4, 0.5) is 18.9 Å². The molecule has 2 aromatic carbocycles. The molecule has 0 radical (unpaired) electrons. The summed E-state index contributed by atoms with van der Waals surface area (Å²) in [7, 11) is 3.15. The molecule has 0 atom stereocenters. The topological polar surface area (TPSA) is 40.5 Å². The number of carboxylic acids is 1. The Morgan fingerprint density at radius 2 is 1.68 bits per heavy atom. The molecule has 1 N–H and O–H groups in total. The first kappa shape index (κ1) is 15.9. The second-order valence-electron chi connectivity index (χ2n) is 4.98. The summed E-state index contributed by atoms with van der Waals surface area (Å²) in [5.41, 5.74) is -0.320. The van der Waals surface area contributed by atoms with Gasteiger partial charge in [-0.2, -0.15) is 13.2 Å². The van der Waals surface area contributed by atoms with Crippen molar-refractivity contribution < 1.29 is 23.1 Å². The number of rotatable bonds is 3. The minimum atomic E-state index is -4.61. The number of carbonyl (C=O) groups is 1. The van der Waals surface area contributed by atoms with E-state index < -0.39 is 17.7 Å². The van der Waals surface area contributed by atoms with Gasteiger partial charge in [0.2, 0.25) is 0 Å². The van der Waals surface area contributed by atoms with Crippen LogP contribution in [-0.2, 0) is 6.18 Å². The molecule has 0 aliphatic heterocycles. The molecule has 2 rings (SSSR count). The number of anilines is 1. The molecule has 2 aromatic rings. The normalized spacial score (nSPS) is 11.3. The van der Waals surface area contributed by atoms with Crippen LogP contribution in [0.3, 0.4) is 0 Å². The number of hydrogen-bond acceptors (Lipinski definition) is 2. The zero-order valence-electron chi connectivity index (χ0n) is 12.0. The van der Waals surface area contributed by atoms with Crippen molar-refractivity contribution in [3.63, 3.8) is 0 Å². The highest BCUT2D eigenvalue weighted by molar-refractivity contribution is 6.00. The van der Waals surface area contributed by atoms with E-state index in [0.29, 0.717) is 11.6 Å². The summed E-state index contributed by atoms with van der Waals surface area (Å²) in [4.78, 5) is 12.9. The van der Waals surface area contributed by atoms with Crippen LogP contribution in [0, 0.1) is 0 Å². The third-order valence-corrected chi connectivity index (χ3v) is 3.22. The molecule has 0 aliphatic rings. The van der Waals surface area contributed by atoms with Gasteiger partial charge in [-0.05, 0) is 17.7 Å². The number of aromatic carboxylic acids is 1. The molecule has 0 spiro atoms. The number of hydrogen-bond donors (Lipinski definition) is 1. The van der Waals surface area contributed by atoms with Gasteiger partial charge in [-0.15, -0.1) is 0 Å². The summed E-state index contributed by atoms with van der Waals surface area (Å²) in [6.07, 6.45) is -4.61. The van der Waals surface area contributed by atoms with Crippen molar-refractivity contribution in [2.75, 3.05) is 19.0 Å². The van der Waals surface area contributed by atoms with Gasteiger partial charge in [-0.1, -0.05) is 30.3 Å². The maximum Gasteiger partial charge on any atom is 0.416 e. The minimum Gasteiger partial charge on any atom is -0.478 e. The smallest absolute Gasteiger partial charge is 0.416 e. The van der Waals surface area contributed by atoms with Crippen LogP contribution >= 0.6 is 0 Å². The first-order chi connectivity index (χ1) is 10.2. The Balaban J connectivity index is 2.83. The molecule has 22 heavy (non-hydrogen) atoms. The van der Waals surface area contributed by atoms with E-state index >= 15 is 0 Å². The largest absolute Gasteiger partial charge is 0.478 e. The van der Waals surface area contributed by atoms with Gasteiger partial charge >= 0.3 is 12.1 Å². The Morgan fingerprint density at radius 3 is 2.14 bits per heavy atom. The molecular formula is C16H14F3NO2. The number of benzene rings is 2. The highest BCUT2D eigenvalue weighted by Gasteiger charge is 2.33. The second kappa shape index (κ2) is 5.71. The van der Waals surface area contributed by atoms with Crippen molar-refractivity contribution in [1.29, 1.82) is 0 Å². The van der Waals surface area contributed by atoms with Gasteiger partial charge in [0, 0.05) is 25.3 Å². The number of alkyl halides is 3. The lowest BCUT2D eigenvalue weighted by atomic mass is 9.94. The Bertz CT molecular complexity index is 695. The lowest BCUT2D eigenvalue weighted by Crippen LogP contribution is -2.16. The predicted octanol–water partition coefficient (Wildman–Crippen LogP) is 4.14. The van der Waals surface area contributed by atoms with Crippen LogP contribution in [0.25, 0.3) is 11.1 Å². The molecule has 6 heteroatoms. The maximum absolute atomic E-state index is 13.0. The molecule has 116 valence electrons. The molecule has 0 saturated carbocycles. The maximum atomic E-state index is 13.0. The van der Waals surface area contributed by atoms with Gasteiger partial charge in [0.25, 0.3) is 0 Å². The van der Waals surface area contributed by atoms with Crippen molar-refractivity contribution in [3.8, 4) is 11.1 Å². The van der Waals surface area contributed by atoms with Gasteiger partial charge in [0.15, 0.2) is 0 Å². The quantitative estimate of drug-likeness (QED) is 0.926. The Hall–Kier alpha value is -2.50. The second-order valence-corrected chi connectivity index (χ2v) is 4.98. The zero-order chi connectivity index (χ0) is 16.5.